The first-order valence-corrected chi connectivity index (χ1v) is 6.25. The second-order valence-electron chi connectivity index (χ2n) is 4.55. The van der Waals surface area contributed by atoms with Crippen molar-refractivity contribution in [3.05, 3.63) is 5.82 Å². The van der Waals surface area contributed by atoms with Crippen molar-refractivity contribution < 1.29 is 14.6 Å². The summed E-state index contributed by atoms with van der Waals surface area (Å²) in [5.41, 5.74) is -1.05. The van der Waals surface area contributed by atoms with Crippen LogP contribution in [0.1, 0.15) is 44.9 Å². The molecule has 18 heavy (non-hydrogen) atoms. The zero-order valence-corrected chi connectivity index (χ0v) is 10.7. The highest BCUT2D eigenvalue weighted by Gasteiger charge is 2.42. The van der Waals surface area contributed by atoms with Gasteiger partial charge in [-0.3, -0.25) is 0 Å². The van der Waals surface area contributed by atoms with Crippen LogP contribution in [-0.4, -0.2) is 44.5 Å². The topological polar surface area (TPSA) is 90.1 Å². The lowest BCUT2D eigenvalue weighted by Gasteiger charge is -2.28. The van der Waals surface area contributed by atoms with Crippen molar-refractivity contribution in [2.75, 3.05) is 13.2 Å². The van der Waals surface area contributed by atoms with Crippen molar-refractivity contribution in [1.82, 2.24) is 20.2 Å². The molecule has 1 saturated heterocycles. The second kappa shape index (κ2) is 5.01. The Morgan fingerprint density at radius 1 is 1.56 bits per heavy atom. The van der Waals surface area contributed by atoms with E-state index >= 15 is 0 Å². The van der Waals surface area contributed by atoms with E-state index in [1.807, 2.05) is 13.8 Å². The van der Waals surface area contributed by atoms with Gasteiger partial charge in [-0.25, -0.2) is 9.48 Å². The Bertz CT molecular complexity index is 422. The fourth-order valence-corrected chi connectivity index (χ4v) is 2.43. The van der Waals surface area contributed by atoms with E-state index < -0.39 is 11.5 Å². The first-order valence-electron chi connectivity index (χ1n) is 6.25. The van der Waals surface area contributed by atoms with Crippen LogP contribution in [0.15, 0.2) is 0 Å². The number of aromatic nitrogens is 4. The number of tetrazole rings is 1. The standard InChI is InChI=1S/C11H18N4O3/c1-3-11(4-2,10(16)17)15-9(12-13-14-15)8-5-6-18-7-8/h8H,3-7H2,1-2H3,(H,16,17). The van der Waals surface area contributed by atoms with Crippen molar-refractivity contribution in [3.8, 4) is 0 Å². The van der Waals surface area contributed by atoms with E-state index in [9.17, 15) is 9.90 Å². The minimum atomic E-state index is -1.05. The molecular weight excluding hydrogens is 236 g/mol. The number of nitrogens with zero attached hydrogens (tertiary/aromatic N) is 4. The summed E-state index contributed by atoms with van der Waals surface area (Å²) in [6.45, 7) is 4.92. The molecule has 0 amide bonds. The van der Waals surface area contributed by atoms with Crippen LogP contribution in [0.4, 0.5) is 0 Å². The quantitative estimate of drug-likeness (QED) is 0.835. The van der Waals surface area contributed by atoms with Crippen LogP contribution in [0.5, 0.6) is 0 Å². The van der Waals surface area contributed by atoms with Crippen molar-refractivity contribution in [3.63, 3.8) is 0 Å². The molecule has 7 nitrogen and oxygen atoms in total. The summed E-state index contributed by atoms with van der Waals surface area (Å²) >= 11 is 0. The molecule has 1 aromatic heterocycles. The predicted octanol–water partition coefficient (Wildman–Crippen LogP) is 0.777. The Kier molecular flexibility index (Phi) is 3.60. The first-order chi connectivity index (χ1) is 8.65. The molecular formula is C11H18N4O3. The number of ether oxygens (including phenoxy) is 1. The van der Waals surface area contributed by atoms with Gasteiger partial charge in [0.15, 0.2) is 11.4 Å². The van der Waals surface area contributed by atoms with Crippen LogP contribution >= 0.6 is 0 Å². The Labute approximate surface area is 105 Å². The fraction of sp³-hybridized carbons (Fsp3) is 0.818. The van der Waals surface area contributed by atoms with E-state index in [0.29, 0.717) is 31.9 Å². The van der Waals surface area contributed by atoms with Gasteiger partial charge in [0.25, 0.3) is 0 Å². The number of rotatable bonds is 5. The molecule has 100 valence electrons. The lowest BCUT2D eigenvalue weighted by atomic mass is 9.92. The number of carboxylic acid groups (broad SMARTS) is 1. The van der Waals surface area contributed by atoms with Crippen molar-refractivity contribution in [1.29, 1.82) is 0 Å². The van der Waals surface area contributed by atoms with Crippen LogP contribution < -0.4 is 0 Å². The average Bonchev–Trinajstić information content (AvgIpc) is 3.01. The Morgan fingerprint density at radius 2 is 2.28 bits per heavy atom. The van der Waals surface area contributed by atoms with Gasteiger partial charge < -0.3 is 9.84 Å². The van der Waals surface area contributed by atoms with Crippen LogP contribution in [0.3, 0.4) is 0 Å². The van der Waals surface area contributed by atoms with Gasteiger partial charge in [0.1, 0.15) is 0 Å². The molecule has 1 fully saturated rings. The minimum absolute atomic E-state index is 0.0943. The lowest BCUT2D eigenvalue weighted by molar-refractivity contribution is -0.149. The van der Waals surface area contributed by atoms with Crippen LogP contribution in [0, 0.1) is 0 Å². The van der Waals surface area contributed by atoms with E-state index in [1.54, 1.807) is 0 Å². The normalized spacial score (nSPS) is 20.2. The van der Waals surface area contributed by atoms with Gasteiger partial charge in [0.05, 0.1) is 6.61 Å². The number of hydrogen-bond donors (Lipinski definition) is 1. The summed E-state index contributed by atoms with van der Waals surface area (Å²) < 4.78 is 6.80. The molecule has 0 saturated carbocycles. The van der Waals surface area contributed by atoms with Crippen molar-refractivity contribution in [2.24, 2.45) is 0 Å². The van der Waals surface area contributed by atoms with Gasteiger partial charge in [-0.05, 0) is 29.7 Å². The molecule has 1 aromatic rings. The van der Waals surface area contributed by atoms with Crippen LogP contribution in [0.25, 0.3) is 0 Å². The molecule has 2 heterocycles. The zero-order valence-electron chi connectivity index (χ0n) is 10.7. The molecule has 0 aromatic carbocycles. The Hall–Kier alpha value is -1.50. The van der Waals surface area contributed by atoms with Gasteiger partial charge >= 0.3 is 5.97 Å². The van der Waals surface area contributed by atoms with Gasteiger partial charge in [-0.1, -0.05) is 13.8 Å². The van der Waals surface area contributed by atoms with Gasteiger partial charge in [0.2, 0.25) is 0 Å². The summed E-state index contributed by atoms with van der Waals surface area (Å²) in [6.07, 6.45) is 1.73. The molecule has 0 bridgehead atoms. The number of carboxylic acids is 1. The van der Waals surface area contributed by atoms with Gasteiger partial charge in [-0.2, -0.15) is 0 Å². The minimum Gasteiger partial charge on any atom is -0.479 e. The number of hydrogen-bond acceptors (Lipinski definition) is 5. The molecule has 2 rings (SSSR count). The third-order valence-corrected chi connectivity index (χ3v) is 3.76. The molecule has 0 aliphatic carbocycles. The average molecular weight is 254 g/mol. The third-order valence-electron chi connectivity index (χ3n) is 3.76. The Morgan fingerprint density at radius 3 is 2.78 bits per heavy atom. The molecule has 1 aliphatic heterocycles. The Balaban J connectivity index is 2.42. The van der Waals surface area contributed by atoms with E-state index in [2.05, 4.69) is 15.5 Å². The third kappa shape index (κ3) is 1.88. The van der Waals surface area contributed by atoms with Crippen LogP contribution in [-0.2, 0) is 15.1 Å². The number of carbonyl (C=O) groups is 1. The van der Waals surface area contributed by atoms with E-state index in [-0.39, 0.29) is 5.92 Å². The van der Waals surface area contributed by atoms with E-state index in [0.717, 1.165) is 6.42 Å². The van der Waals surface area contributed by atoms with Crippen molar-refractivity contribution >= 4 is 5.97 Å². The summed E-state index contributed by atoms with van der Waals surface area (Å²) in [5.74, 6) is -0.171. The highest BCUT2D eigenvalue weighted by atomic mass is 16.5. The largest absolute Gasteiger partial charge is 0.479 e. The smallest absolute Gasteiger partial charge is 0.331 e. The highest BCUT2D eigenvalue weighted by molar-refractivity contribution is 5.76. The molecule has 1 unspecified atom stereocenters. The molecule has 0 spiro atoms. The second-order valence-corrected chi connectivity index (χ2v) is 4.55. The molecule has 0 radical (unpaired) electrons. The molecule has 1 N–H and O–H groups in total. The molecule has 1 aliphatic rings. The summed E-state index contributed by atoms with van der Waals surface area (Å²) in [4.78, 5) is 11.6. The van der Waals surface area contributed by atoms with E-state index in [1.165, 1.54) is 4.68 Å². The maximum Gasteiger partial charge on any atom is 0.331 e. The van der Waals surface area contributed by atoms with Gasteiger partial charge in [-0.15, -0.1) is 5.10 Å². The maximum absolute atomic E-state index is 11.6. The fourth-order valence-electron chi connectivity index (χ4n) is 2.43. The summed E-state index contributed by atoms with van der Waals surface area (Å²) in [6, 6.07) is 0. The summed E-state index contributed by atoms with van der Waals surface area (Å²) in [7, 11) is 0. The summed E-state index contributed by atoms with van der Waals surface area (Å²) in [5, 5.41) is 21.1. The predicted molar refractivity (Wildman–Crippen MR) is 62.2 cm³/mol. The van der Waals surface area contributed by atoms with E-state index in [4.69, 9.17) is 4.74 Å². The number of aliphatic carboxylic acids is 1. The van der Waals surface area contributed by atoms with Gasteiger partial charge in [0, 0.05) is 12.5 Å². The highest BCUT2D eigenvalue weighted by Crippen LogP contribution is 2.30. The SMILES string of the molecule is CCC(CC)(C(=O)O)n1nnnc1C1CCOC1. The first kappa shape index (κ1) is 12.9. The van der Waals surface area contributed by atoms with Crippen LogP contribution in [0.2, 0.25) is 0 Å². The molecule has 7 heteroatoms. The lowest BCUT2D eigenvalue weighted by Crippen LogP contribution is -2.43. The molecule has 1 atom stereocenters. The van der Waals surface area contributed by atoms with Crippen molar-refractivity contribution in [2.45, 2.75) is 44.6 Å². The zero-order chi connectivity index (χ0) is 13.2. The monoisotopic (exact) mass is 254 g/mol. The maximum atomic E-state index is 11.6.